The second-order valence-corrected chi connectivity index (χ2v) is 7.76. The Morgan fingerprint density at radius 2 is 2.05 bits per heavy atom. The first-order valence-corrected chi connectivity index (χ1v) is 8.97. The molecule has 110 valence electrons. The first-order valence-electron chi connectivity index (χ1n) is 6.74. The molecular weight excluding hydrogens is 292 g/mol. The van der Waals surface area contributed by atoms with Gasteiger partial charge in [-0.05, 0) is 42.8 Å². The fourth-order valence-electron chi connectivity index (χ4n) is 2.28. The van der Waals surface area contributed by atoms with Gasteiger partial charge >= 0.3 is 0 Å². The van der Waals surface area contributed by atoms with E-state index in [2.05, 4.69) is 24.4 Å². The van der Waals surface area contributed by atoms with Crippen molar-refractivity contribution >= 4 is 32.9 Å². The van der Waals surface area contributed by atoms with Gasteiger partial charge in [-0.2, -0.15) is 0 Å². The molecule has 1 fully saturated rings. The minimum absolute atomic E-state index is 0.0186. The Hall–Kier alpha value is -1.14. The van der Waals surface area contributed by atoms with Crippen LogP contribution in [0.5, 0.6) is 0 Å². The van der Waals surface area contributed by atoms with Gasteiger partial charge in [-0.1, -0.05) is 19.1 Å². The molecule has 0 radical (unpaired) electrons. The van der Waals surface area contributed by atoms with Crippen molar-refractivity contribution in [3.05, 3.63) is 29.8 Å². The summed E-state index contributed by atoms with van der Waals surface area (Å²) in [4.78, 5) is 1.85. The van der Waals surface area contributed by atoms with Gasteiger partial charge in [0.2, 0.25) is 0 Å². The zero-order chi connectivity index (χ0) is 14.8. The molecule has 1 saturated heterocycles. The molecule has 1 N–H and O–H groups in total. The number of thiocarbonyl (C=S) groups is 1. The Bertz CT molecular complexity index is 582. The number of hydrogen-bond donors (Lipinski definition) is 1. The maximum Gasteiger partial charge on any atom is 0.173 e. The third-order valence-electron chi connectivity index (χ3n) is 3.69. The highest BCUT2D eigenvalue weighted by Crippen LogP contribution is 2.18. The fraction of sp³-hybridized carbons (Fsp3) is 0.500. The zero-order valence-corrected chi connectivity index (χ0v) is 13.4. The van der Waals surface area contributed by atoms with Gasteiger partial charge < -0.3 is 10.2 Å². The van der Waals surface area contributed by atoms with Crippen LogP contribution in [0.2, 0.25) is 0 Å². The molecule has 1 aliphatic rings. The molecule has 0 bridgehead atoms. The maximum absolute atomic E-state index is 11.5. The lowest BCUT2D eigenvalue weighted by molar-refractivity contribution is 0.402. The van der Waals surface area contributed by atoms with E-state index < -0.39 is 9.84 Å². The van der Waals surface area contributed by atoms with Crippen LogP contribution in [-0.2, 0) is 16.3 Å². The summed E-state index contributed by atoms with van der Waals surface area (Å²) in [5, 5.41) is 3.73. The van der Waals surface area contributed by atoms with Crippen molar-refractivity contribution in [1.82, 2.24) is 4.90 Å². The van der Waals surface area contributed by atoms with Gasteiger partial charge in [0.15, 0.2) is 14.9 Å². The number of hydrogen-bond acceptors (Lipinski definition) is 3. The first kappa shape index (κ1) is 15.3. The van der Waals surface area contributed by atoms with Crippen molar-refractivity contribution in [2.24, 2.45) is 0 Å². The third kappa shape index (κ3) is 3.70. The normalized spacial score (nSPS) is 20.6. The Morgan fingerprint density at radius 3 is 2.55 bits per heavy atom. The van der Waals surface area contributed by atoms with Crippen molar-refractivity contribution in [2.75, 3.05) is 23.9 Å². The summed E-state index contributed by atoms with van der Waals surface area (Å²) < 4.78 is 23.0. The van der Waals surface area contributed by atoms with E-state index in [0.29, 0.717) is 11.5 Å². The number of benzene rings is 1. The average Bonchev–Trinajstić information content (AvgIpc) is 2.79. The molecule has 0 spiro atoms. The number of anilines is 1. The Kier molecular flexibility index (Phi) is 4.65. The minimum atomic E-state index is -2.88. The van der Waals surface area contributed by atoms with Crippen molar-refractivity contribution in [3.63, 3.8) is 0 Å². The summed E-state index contributed by atoms with van der Waals surface area (Å²) in [5.41, 5.74) is 2.21. The molecule has 0 saturated carbocycles. The predicted molar refractivity (Wildman–Crippen MR) is 86.9 cm³/mol. The summed E-state index contributed by atoms with van der Waals surface area (Å²) in [7, 11) is -1.04. The van der Waals surface area contributed by atoms with Crippen LogP contribution in [0.3, 0.4) is 0 Å². The van der Waals surface area contributed by atoms with Gasteiger partial charge in [0.25, 0.3) is 0 Å². The molecule has 0 amide bonds. The van der Waals surface area contributed by atoms with Crippen LogP contribution < -0.4 is 5.32 Å². The smallest absolute Gasteiger partial charge is 0.173 e. The van der Waals surface area contributed by atoms with E-state index >= 15 is 0 Å². The van der Waals surface area contributed by atoms with E-state index in [1.807, 2.05) is 24.1 Å². The Labute approximate surface area is 126 Å². The molecule has 1 atom stereocenters. The molecule has 1 aliphatic heterocycles. The molecule has 6 heteroatoms. The molecule has 0 unspecified atom stereocenters. The van der Waals surface area contributed by atoms with Gasteiger partial charge in [0.1, 0.15) is 0 Å². The largest absolute Gasteiger partial charge is 0.348 e. The number of aryl methyl sites for hydroxylation is 1. The predicted octanol–water partition coefficient (Wildman–Crippen LogP) is 2.06. The Balaban J connectivity index is 1.97. The van der Waals surface area contributed by atoms with Gasteiger partial charge in [-0.15, -0.1) is 0 Å². The zero-order valence-electron chi connectivity index (χ0n) is 11.8. The van der Waals surface area contributed by atoms with E-state index in [4.69, 9.17) is 12.2 Å². The quantitative estimate of drug-likeness (QED) is 0.866. The molecule has 4 nitrogen and oxygen atoms in total. The molecule has 1 aromatic rings. The second kappa shape index (κ2) is 6.10. The maximum atomic E-state index is 11.5. The summed E-state index contributed by atoms with van der Waals surface area (Å²) in [6, 6.07) is 8.08. The second-order valence-electron chi connectivity index (χ2n) is 5.15. The van der Waals surface area contributed by atoms with Crippen LogP contribution >= 0.6 is 12.2 Å². The van der Waals surface area contributed by atoms with Crippen molar-refractivity contribution in [3.8, 4) is 0 Å². The molecule has 0 aliphatic carbocycles. The van der Waals surface area contributed by atoms with E-state index in [1.165, 1.54) is 5.56 Å². The van der Waals surface area contributed by atoms with Crippen molar-refractivity contribution in [2.45, 2.75) is 25.8 Å². The first-order chi connectivity index (χ1) is 9.41. The minimum Gasteiger partial charge on any atom is -0.348 e. The van der Waals surface area contributed by atoms with Crippen LogP contribution in [0.25, 0.3) is 0 Å². The number of rotatable bonds is 3. The summed E-state index contributed by atoms with van der Waals surface area (Å²) in [6.45, 7) is 2.11. The Morgan fingerprint density at radius 1 is 1.40 bits per heavy atom. The van der Waals surface area contributed by atoms with Crippen molar-refractivity contribution < 1.29 is 8.42 Å². The molecule has 2 rings (SSSR count). The standard InChI is InChI=1S/C14H20N2O2S2/c1-3-11-4-6-12(7-5-11)15-14(19)16(2)13-8-9-20(17,18)10-13/h4-7,13H,3,8-10H2,1-2H3,(H,15,19)/t13-/m0/s1. The topological polar surface area (TPSA) is 49.4 Å². The molecule has 1 heterocycles. The monoisotopic (exact) mass is 312 g/mol. The highest BCUT2D eigenvalue weighted by atomic mass is 32.2. The number of nitrogens with one attached hydrogen (secondary N) is 1. The fourth-order valence-corrected chi connectivity index (χ4v) is 4.32. The summed E-state index contributed by atoms with van der Waals surface area (Å²) in [5.74, 6) is 0.454. The summed E-state index contributed by atoms with van der Waals surface area (Å²) in [6.07, 6.45) is 1.65. The number of nitrogens with zero attached hydrogens (tertiary/aromatic N) is 1. The van der Waals surface area contributed by atoms with Crippen LogP contribution in [-0.4, -0.2) is 43.0 Å². The highest BCUT2D eigenvalue weighted by Gasteiger charge is 2.31. The molecule has 20 heavy (non-hydrogen) atoms. The number of sulfone groups is 1. The van der Waals surface area contributed by atoms with E-state index in [1.54, 1.807) is 0 Å². The molecule has 1 aromatic carbocycles. The lowest BCUT2D eigenvalue weighted by Gasteiger charge is -2.26. The van der Waals surface area contributed by atoms with Crippen LogP contribution in [0, 0.1) is 0 Å². The van der Waals surface area contributed by atoms with Gasteiger partial charge in [-0.25, -0.2) is 8.42 Å². The van der Waals surface area contributed by atoms with E-state index in [0.717, 1.165) is 12.1 Å². The SMILES string of the molecule is CCc1ccc(NC(=S)N(C)[C@H]2CCS(=O)(=O)C2)cc1. The van der Waals surface area contributed by atoms with Crippen LogP contribution in [0.1, 0.15) is 18.9 Å². The van der Waals surface area contributed by atoms with Crippen molar-refractivity contribution in [1.29, 1.82) is 0 Å². The lowest BCUT2D eigenvalue weighted by atomic mass is 10.1. The summed E-state index contributed by atoms with van der Waals surface area (Å²) >= 11 is 5.35. The van der Waals surface area contributed by atoms with Gasteiger partial charge in [-0.3, -0.25) is 0 Å². The third-order valence-corrected chi connectivity index (χ3v) is 5.83. The van der Waals surface area contributed by atoms with Crippen LogP contribution in [0.4, 0.5) is 5.69 Å². The average molecular weight is 312 g/mol. The van der Waals surface area contributed by atoms with Gasteiger partial charge in [0.05, 0.1) is 11.5 Å². The molecular formula is C14H20N2O2S2. The highest BCUT2D eigenvalue weighted by molar-refractivity contribution is 7.91. The van der Waals surface area contributed by atoms with Crippen LogP contribution in [0.15, 0.2) is 24.3 Å². The van der Waals surface area contributed by atoms with E-state index in [9.17, 15) is 8.42 Å². The molecule has 0 aromatic heterocycles. The van der Waals surface area contributed by atoms with E-state index in [-0.39, 0.29) is 17.5 Å². The lowest BCUT2D eigenvalue weighted by Crippen LogP contribution is -2.40. The van der Waals surface area contributed by atoms with Gasteiger partial charge in [0, 0.05) is 18.8 Å².